The number of ether oxygens (including phenoxy) is 2. The molecule has 2 aromatic rings. The van der Waals surface area contributed by atoms with Gasteiger partial charge in [0.1, 0.15) is 6.61 Å². The summed E-state index contributed by atoms with van der Waals surface area (Å²) >= 11 is 0. The SMILES string of the molecule is COC(CCNC(=O)C[C@@H]1CC[C@H](NC(=O)OCC2c3ccccc3-c3ccccc32)C1)C(=O)O. The first kappa shape index (κ1) is 24.7. The van der Waals surface area contributed by atoms with Gasteiger partial charge in [-0.1, -0.05) is 48.5 Å². The van der Waals surface area contributed by atoms with Gasteiger partial charge in [-0.2, -0.15) is 0 Å². The number of nitrogens with one attached hydrogen (secondary N) is 2. The molecule has 2 aromatic carbocycles. The molecule has 3 atom stereocenters. The molecule has 2 aliphatic carbocycles. The van der Waals surface area contributed by atoms with Gasteiger partial charge in [0.2, 0.25) is 5.91 Å². The van der Waals surface area contributed by atoms with Crippen molar-refractivity contribution in [2.75, 3.05) is 20.3 Å². The molecular formula is C27H32N2O6. The minimum absolute atomic E-state index is 0.0201. The Balaban J connectivity index is 1.20. The summed E-state index contributed by atoms with van der Waals surface area (Å²) < 4.78 is 10.5. The number of carbonyl (C=O) groups excluding carboxylic acids is 2. The van der Waals surface area contributed by atoms with Gasteiger partial charge in [0.15, 0.2) is 6.10 Å². The van der Waals surface area contributed by atoms with E-state index in [-0.39, 0.29) is 43.4 Å². The van der Waals surface area contributed by atoms with Crippen molar-refractivity contribution in [2.45, 2.75) is 50.2 Å². The number of fused-ring (bicyclic) bond motifs is 3. The van der Waals surface area contributed by atoms with Crippen LogP contribution >= 0.6 is 0 Å². The Morgan fingerprint density at radius 2 is 1.69 bits per heavy atom. The average Bonchev–Trinajstić information content (AvgIpc) is 3.42. The summed E-state index contributed by atoms with van der Waals surface area (Å²) in [7, 11) is 1.34. The highest BCUT2D eigenvalue weighted by atomic mass is 16.5. The second kappa shape index (κ2) is 11.4. The zero-order valence-corrected chi connectivity index (χ0v) is 19.9. The molecule has 2 amide bonds. The Kier molecular flexibility index (Phi) is 8.02. The van der Waals surface area contributed by atoms with Gasteiger partial charge in [-0.15, -0.1) is 0 Å². The van der Waals surface area contributed by atoms with Gasteiger partial charge in [-0.3, -0.25) is 4.79 Å². The van der Waals surface area contributed by atoms with E-state index in [0.717, 1.165) is 12.8 Å². The summed E-state index contributed by atoms with van der Waals surface area (Å²) in [5, 5.41) is 14.7. The van der Waals surface area contributed by atoms with Crippen LogP contribution in [0, 0.1) is 5.92 Å². The third kappa shape index (κ3) is 6.00. The fourth-order valence-electron chi connectivity index (χ4n) is 5.22. The fourth-order valence-corrected chi connectivity index (χ4v) is 5.22. The largest absolute Gasteiger partial charge is 0.479 e. The summed E-state index contributed by atoms with van der Waals surface area (Å²) in [4.78, 5) is 35.7. The first-order chi connectivity index (χ1) is 17.0. The summed E-state index contributed by atoms with van der Waals surface area (Å²) in [5.74, 6) is -0.963. The van der Waals surface area contributed by atoms with Crippen molar-refractivity contribution < 1.29 is 29.0 Å². The number of hydrogen-bond acceptors (Lipinski definition) is 5. The van der Waals surface area contributed by atoms with Gasteiger partial charge in [0, 0.05) is 38.5 Å². The minimum Gasteiger partial charge on any atom is -0.479 e. The number of alkyl carbamates (subject to hydrolysis) is 1. The Morgan fingerprint density at radius 3 is 2.31 bits per heavy atom. The van der Waals surface area contributed by atoms with E-state index >= 15 is 0 Å². The van der Waals surface area contributed by atoms with Crippen molar-refractivity contribution in [3.63, 3.8) is 0 Å². The monoisotopic (exact) mass is 480 g/mol. The molecule has 4 rings (SSSR count). The van der Waals surface area contributed by atoms with Gasteiger partial charge in [-0.25, -0.2) is 9.59 Å². The van der Waals surface area contributed by atoms with Crippen LogP contribution in [-0.2, 0) is 19.1 Å². The van der Waals surface area contributed by atoms with Crippen LogP contribution in [0.2, 0.25) is 0 Å². The number of amides is 2. The second-order valence-electron chi connectivity index (χ2n) is 9.25. The molecule has 1 fully saturated rings. The molecule has 2 aliphatic rings. The highest BCUT2D eigenvalue weighted by Crippen LogP contribution is 2.44. The zero-order chi connectivity index (χ0) is 24.8. The van der Waals surface area contributed by atoms with E-state index in [1.807, 2.05) is 24.3 Å². The molecule has 8 heteroatoms. The van der Waals surface area contributed by atoms with E-state index < -0.39 is 18.2 Å². The van der Waals surface area contributed by atoms with Gasteiger partial charge in [0.25, 0.3) is 0 Å². The fraction of sp³-hybridized carbons (Fsp3) is 0.444. The molecule has 0 saturated heterocycles. The number of carboxylic acid groups (broad SMARTS) is 1. The first-order valence-electron chi connectivity index (χ1n) is 12.1. The van der Waals surface area contributed by atoms with E-state index in [1.165, 1.54) is 29.4 Å². The van der Waals surface area contributed by atoms with Gasteiger partial charge in [-0.05, 0) is 47.4 Å². The van der Waals surface area contributed by atoms with E-state index in [1.54, 1.807) is 0 Å². The molecule has 0 spiro atoms. The lowest BCUT2D eigenvalue weighted by atomic mass is 9.98. The van der Waals surface area contributed by atoms with Crippen LogP contribution in [0.1, 0.15) is 49.1 Å². The standard InChI is InChI=1S/C27H32N2O6/c1-34-24(26(31)32)12-13-28-25(30)15-17-10-11-18(14-17)29-27(33)35-16-23-21-8-4-2-6-19(21)20-7-3-5-9-22(20)23/h2-9,17-18,23-24H,10-16H2,1H3,(H,28,30)(H,29,33)(H,31,32)/t17-,18+,24?/m1/s1. The van der Waals surface area contributed by atoms with Crippen LogP contribution in [0.25, 0.3) is 11.1 Å². The third-order valence-corrected chi connectivity index (χ3v) is 6.97. The predicted molar refractivity (Wildman–Crippen MR) is 130 cm³/mol. The van der Waals surface area contributed by atoms with Crippen molar-refractivity contribution in [3.8, 4) is 11.1 Å². The smallest absolute Gasteiger partial charge is 0.407 e. The molecule has 0 aromatic heterocycles. The second-order valence-corrected chi connectivity index (χ2v) is 9.25. The van der Waals surface area contributed by atoms with Crippen LogP contribution < -0.4 is 10.6 Å². The number of rotatable bonds is 10. The lowest BCUT2D eigenvalue weighted by molar-refractivity contribution is -0.149. The van der Waals surface area contributed by atoms with E-state index in [2.05, 4.69) is 34.9 Å². The van der Waals surface area contributed by atoms with Crippen molar-refractivity contribution in [1.29, 1.82) is 0 Å². The lowest BCUT2D eigenvalue weighted by Crippen LogP contribution is -2.34. The summed E-state index contributed by atoms with van der Waals surface area (Å²) in [6.45, 7) is 0.523. The zero-order valence-electron chi connectivity index (χ0n) is 19.9. The van der Waals surface area contributed by atoms with Crippen LogP contribution in [0.5, 0.6) is 0 Å². The van der Waals surface area contributed by atoms with Crippen molar-refractivity contribution in [1.82, 2.24) is 10.6 Å². The average molecular weight is 481 g/mol. The predicted octanol–water partition coefficient (Wildman–Crippen LogP) is 3.69. The minimum atomic E-state index is -1.04. The summed E-state index contributed by atoms with van der Waals surface area (Å²) in [5.41, 5.74) is 4.73. The molecule has 0 bridgehead atoms. The molecule has 186 valence electrons. The van der Waals surface area contributed by atoms with Gasteiger partial charge < -0.3 is 25.2 Å². The number of aliphatic carboxylic acids is 1. The Hall–Kier alpha value is -3.39. The van der Waals surface area contributed by atoms with Gasteiger partial charge in [0.05, 0.1) is 0 Å². The maximum atomic E-state index is 12.5. The molecule has 8 nitrogen and oxygen atoms in total. The maximum absolute atomic E-state index is 12.5. The molecule has 1 unspecified atom stereocenters. The molecule has 1 saturated carbocycles. The molecule has 35 heavy (non-hydrogen) atoms. The number of carboxylic acids is 1. The Labute approximate surface area is 205 Å². The van der Waals surface area contributed by atoms with Crippen LogP contribution in [0.3, 0.4) is 0 Å². The normalized spacial score (nSPS) is 19.5. The summed E-state index contributed by atoms with van der Waals surface area (Å²) in [6.07, 6.45) is 1.58. The van der Waals surface area contributed by atoms with E-state index in [0.29, 0.717) is 12.8 Å². The first-order valence-corrected chi connectivity index (χ1v) is 12.1. The highest BCUT2D eigenvalue weighted by Gasteiger charge is 2.31. The molecule has 0 radical (unpaired) electrons. The third-order valence-electron chi connectivity index (χ3n) is 6.97. The van der Waals surface area contributed by atoms with E-state index in [9.17, 15) is 14.4 Å². The Bertz CT molecular complexity index is 1030. The van der Waals surface area contributed by atoms with Crippen LogP contribution in [0.15, 0.2) is 48.5 Å². The van der Waals surface area contributed by atoms with Crippen molar-refractivity contribution in [3.05, 3.63) is 59.7 Å². The van der Waals surface area contributed by atoms with Crippen molar-refractivity contribution in [2.24, 2.45) is 5.92 Å². The Morgan fingerprint density at radius 1 is 1.03 bits per heavy atom. The number of benzene rings is 2. The van der Waals surface area contributed by atoms with Crippen LogP contribution in [-0.4, -0.2) is 55.5 Å². The lowest BCUT2D eigenvalue weighted by Gasteiger charge is -2.17. The molecule has 0 aliphatic heterocycles. The summed E-state index contributed by atoms with van der Waals surface area (Å²) in [6, 6.07) is 16.4. The molecular weight excluding hydrogens is 448 g/mol. The van der Waals surface area contributed by atoms with Crippen molar-refractivity contribution >= 4 is 18.0 Å². The number of methoxy groups -OCH3 is 1. The van der Waals surface area contributed by atoms with E-state index in [4.69, 9.17) is 14.6 Å². The number of hydrogen-bond donors (Lipinski definition) is 3. The highest BCUT2D eigenvalue weighted by molar-refractivity contribution is 5.79. The van der Waals surface area contributed by atoms with Crippen LogP contribution in [0.4, 0.5) is 4.79 Å². The molecule has 3 N–H and O–H groups in total. The van der Waals surface area contributed by atoms with Gasteiger partial charge >= 0.3 is 12.1 Å². The number of carbonyl (C=O) groups is 3. The quantitative estimate of drug-likeness (QED) is 0.478. The molecule has 0 heterocycles. The maximum Gasteiger partial charge on any atom is 0.407 e. The topological polar surface area (TPSA) is 114 Å².